The van der Waals surface area contributed by atoms with Gasteiger partial charge in [-0.25, -0.2) is 4.99 Å². The van der Waals surface area contributed by atoms with Gasteiger partial charge in [0.05, 0.1) is 12.1 Å². The number of rotatable bonds is 5. The topological polar surface area (TPSA) is 90.9 Å². The minimum absolute atomic E-state index is 0.323. The molecular weight excluding hydrogens is 226 g/mol. The maximum atomic E-state index is 8.73. The third-order valence-corrected chi connectivity index (χ3v) is 4.60. The Hall–Kier alpha value is -0.460. The van der Waals surface area contributed by atoms with Gasteiger partial charge in [-0.3, -0.25) is 0 Å². The summed E-state index contributed by atoms with van der Waals surface area (Å²) < 4.78 is 0. The average molecular weight is 245 g/mol. The zero-order chi connectivity index (χ0) is 11.5. The number of nitrogens with two attached hydrogens (primary N) is 1. The summed E-state index contributed by atoms with van der Waals surface area (Å²) in [6.45, 7) is 0. The van der Waals surface area contributed by atoms with Crippen molar-refractivity contribution in [1.82, 2.24) is 5.32 Å². The molecule has 1 fully saturated rings. The third-order valence-electron chi connectivity index (χ3n) is 3.11. The Morgan fingerprint density at radius 3 is 3.06 bits per heavy atom. The van der Waals surface area contributed by atoms with Crippen LogP contribution in [0.3, 0.4) is 0 Å². The predicted octanol–water partition coefficient (Wildman–Crippen LogP) is -0.372. The molecule has 1 saturated heterocycles. The molecule has 2 aliphatic heterocycles. The summed E-state index contributed by atoms with van der Waals surface area (Å²) in [6, 6.07) is 0.738. The molecule has 2 rings (SSSR count). The van der Waals surface area contributed by atoms with Crippen LogP contribution in [-0.4, -0.2) is 45.5 Å². The molecule has 0 aromatic heterocycles. The Bertz CT molecular complexity index is 273. The minimum Gasteiger partial charge on any atom is -0.370 e. The van der Waals surface area contributed by atoms with E-state index in [1.165, 1.54) is 0 Å². The zero-order valence-corrected chi connectivity index (χ0v) is 9.99. The Morgan fingerprint density at radius 1 is 1.50 bits per heavy atom. The number of fused-ring (bicyclic) bond motifs is 1. The van der Waals surface area contributed by atoms with Crippen molar-refractivity contribution in [1.29, 1.82) is 0 Å². The van der Waals surface area contributed by atoms with Gasteiger partial charge in [0.1, 0.15) is 0 Å². The maximum Gasteiger partial charge on any atom is 0.189 e. The van der Waals surface area contributed by atoms with Crippen molar-refractivity contribution in [3.63, 3.8) is 0 Å². The third kappa shape index (κ3) is 2.81. The highest BCUT2D eigenvalue weighted by atomic mass is 32.2. The molecule has 0 aliphatic carbocycles. The molecule has 0 bridgehead atoms. The molecule has 2 heterocycles. The van der Waals surface area contributed by atoms with E-state index in [2.05, 4.69) is 10.3 Å². The largest absolute Gasteiger partial charge is 0.370 e. The van der Waals surface area contributed by atoms with E-state index in [-0.39, 0.29) is 0 Å². The first kappa shape index (κ1) is 12.0. The molecule has 5 nitrogen and oxygen atoms in total. The van der Waals surface area contributed by atoms with E-state index in [1.807, 2.05) is 11.8 Å². The van der Waals surface area contributed by atoms with Gasteiger partial charge in [0.15, 0.2) is 12.2 Å². The fourth-order valence-corrected chi connectivity index (χ4v) is 3.81. The summed E-state index contributed by atoms with van der Waals surface area (Å²) >= 11 is 1.95. The van der Waals surface area contributed by atoms with Gasteiger partial charge >= 0.3 is 0 Å². The molecule has 0 saturated carbocycles. The lowest BCUT2D eigenvalue weighted by Crippen LogP contribution is -2.38. The van der Waals surface area contributed by atoms with Crippen LogP contribution in [0, 0.1) is 0 Å². The average Bonchev–Trinajstić information content (AvgIpc) is 2.72. The van der Waals surface area contributed by atoms with Crippen LogP contribution in [0.5, 0.6) is 0 Å². The number of thioether (sulfide) groups is 1. The van der Waals surface area contributed by atoms with Crippen molar-refractivity contribution in [3.05, 3.63) is 0 Å². The summed E-state index contributed by atoms with van der Waals surface area (Å²) in [5.41, 5.74) is 5.65. The van der Waals surface area contributed by atoms with Crippen LogP contribution in [0.2, 0.25) is 0 Å². The number of nitrogens with one attached hydrogen (secondary N) is 1. The van der Waals surface area contributed by atoms with Crippen LogP contribution in [0.4, 0.5) is 0 Å². The second-order valence-corrected chi connectivity index (χ2v) is 5.66. The first-order valence-electron chi connectivity index (χ1n) is 5.74. The van der Waals surface area contributed by atoms with Crippen LogP contribution in [-0.2, 0) is 0 Å². The number of hydrogen-bond acceptors (Lipinski definition) is 6. The molecule has 0 aromatic carbocycles. The summed E-state index contributed by atoms with van der Waals surface area (Å²) in [4.78, 5) is 4.41. The molecule has 0 radical (unpaired) electrons. The molecule has 16 heavy (non-hydrogen) atoms. The number of hydrogen-bond donors (Lipinski definition) is 4. The Morgan fingerprint density at radius 2 is 2.31 bits per heavy atom. The van der Waals surface area contributed by atoms with Gasteiger partial charge in [-0.1, -0.05) is 6.42 Å². The van der Waals surface area contributed by atoms with Crippen molar-refractivity contribution in [2.45, 2.75) is 49.3 Å². The van der Waals surface area contributed by atoms with Crippen LogP contribution in [0.25, 0.3) is 0 Å². The van der Waals surface area contributed by atoms with E-state index in [0.29, 0.717) is 29.7 Å². The lowest BCUT2D eigenvalue weighted by atomic mass is 10.0. The number of nitrogens with zero attached hydrogens (tertiary/aromatic N) is 1. The standard InChI is InChI=1S/C10H19N3O2S/c11-10-12-6-5-16-7(9(6)13-10)3-1-2-4-8(14)15/h6-9,14-15H,1-5H2,(H3,11,12,13)/t6?,7-,9?/m0/s1. The van der Waals surface area contributed by atoms with Crippen LogP contribution in [0.15, 0.2) is 4.99 Å². The fourth-order valence-electron chi connectivity index (χ4n) is 2.30. The summed E-state index contributed by atoms with van der Waals surface area (Å²) in [5, 5.41) is 21.2. The van der Waals surface area contributed by atoms with E-state index in [4.69, 9.17) is 15.9 Å². The molecule has 6 heteroatoms. The van der Waals surface area contributed by atoms with Crippen molar-refractivity contribution in [2.75, 3.05) is 5.75 Å². The van der Waals surface area contributed by atoms with E-state index < -0.39 is 6.29 Å². The number of aliphatic imine (C=N–C) groups is 1. The molecule has 2 aliphatic rings. The lowest BCUT2D eigenvalue weighted by Gasteiger charge is -2.14. The highest BCUT2D eigenvalue weighted by Gasteiger charge is 2.39. The van der Waals surface area contributed by atoms with Crippen molar-refractivity contribution in [2.24, 2.45) is 10.7 Å². The first-order chi connectivity index (χ1) is 7.66. The van der Waals surface area contributed by atoms with Crippen LogP contribution >= 0.6 is 11.8 Å². The molecule has 0 amide bonds. The quantitative estimate of drug-likeness (QED) is 0.392. The van der Waals surface area contributed by atoms with Gasteiger partial charge in [-0.05, 0) is 19.3 Å². The van der Waals surface area contributed by atoms with Gasteiger partial charge in [0.2, 0.25) is 0 Å². The second kappa shape index (κ2) is 5.25. The Labute approximate surface area is 99.5 Å². The molecule has 5 N–H and O–H groups in total. The highest BCUT2D eigenvalue weighted by molar-refractivity contribution is 8.00. The molecule has 2 unspecified atom stereocenters. The fraction of sp³-hybridized carbons (Fsp3) is 0.900. The molecular formula is C10H19N3O2S. The van der Waals surface area contributed by atoms with Crippen LogP contribution < -0.4 is 11.1 Å². The summed E-state index contributed by atoms with van der Waals surface area (Å²) in [5.74, 6) is 1.65. The normalized spacial score (nSPS) is 32.7. The lowest BCUT2D eigenvalue weighted by molar-refractivity contribution is -0.0465. The molecule has 0 spiro atoms. The monoisotopic (exact) mass is 245 g/mol. The minimum atomic E-state index is -1.16. The molecule has 0 aromatic rings. The molecule has 3 atom stereocenters. The number of aliphatic hydroxyl groups excluding tert-OH is 1. The van der Waals surface area contributed by atoms with Gasteiger partial charge < -0.3 is 21.3 Å². The van der Waals surface area contributed by atoms with Crippen molar-refractivity contribution >= 4 is 17.7 Å². The van der Waals surface area contributed by atoms with Gasteiger partial charge in [0, 0.05) is 11.0 Å². The van der Waals surface area contributed by atoms with Gasteiger partial charge in [-0.2, -0.15) is 11.8 Å². The van der Waals surface area contributed by atoms with Crippen molar-refractivity contribution < 1.29 is 10.2 Å². The van der Waals surface area contributed by atoms with Gasteiger partial charge in [0.25, 0.3) is 0 Å². The SMILES string of the molecule is NC1=NC2C(CS[C@H]2CCCCC(O)O)N1. The smallest absolute Gasteiger partial charge is 0.189 e. The van der Waals surface area contributed by atoms with E-state index >= 15 is 0 Å². The summed E-state index contributed by atoms with van der Waals surface area (Å²) in [7, 11) is 0. The highest BCUT2D eigenvalue weighted by Crippen LogP contribution is 2.35. The zero-order valence-electron chi connectivity index (χ0n) is 9.17. The maximum absolute atomic E-state index is 8.73. The van der Waals surface area contributed by atoms with E-state index in [1.54, 1.807) is 0 Å². The van der Waals surface area contributed by atoms with E-state index in [9.17, 15) is 0 Å². The van der Waals surface area contributed by atoms with Crippen LogP contribution in [0.1, 0.15) is 25.7 Å². The van der Waals surface area contributed by atoms with Crippen molar-refractivity contribution in [3.8, 4) is 0 Å². The number of unbranched alkanes of at least 4 members (excludes halogenated alkanes) is 1. The molecule has 92 valence electrons. The van der Waals surface area contributed by atoms with E-state index in [0.717, 1.165) is 25.0 Å². The van der Waals surface area contributed by atoms with Gasteiger partial charge in [-0.15, -0.1) is 0 Å². The second-order valence-electron chi connectivity index (χ2n) is 4.39. The first-order valence-corrected chi connectivity index (χ1v) is 6.79. The Balaban J connectivity index is 1.70. The predicted molar refractivity (Wildman–Crippen MR) is 65.3 cm³/mol. The number of guanidine groups is 1. The summed E-state index contributed by atoms with van der Waals surface area (Å²) in [6.07, 6.45) is 2.27. The number of aliphatic hydroxyl groups is 2. The Kier molecular flexibility index (Phi) is 3.94.